The highest BCUT2D eigenvalue weighted by Crippen LogP contribution is 2.47. The van der Waals surface area contributed by atoms with Crippen LogP contribution in [0.15, 0.2) is 36.4 Å². The lowest BCUT2D eigenvalue weighted by atomic mass is 10.0. The molecule has 2 N–H and O–H groups in total. The van der Waals surface area contributed by atoms with E-state index in [1.807, 2.05) is 32.0 Å². The summed E-state index contributed by atoms with van der Waals surface area (Å²) < 4.78 is 0. The van der Waals surface area contributed by atoms with Gasteiger partial charge in [0.1, 0.15) is 5.41 Å². The molecule has 0 atom stereocenters. The summed E-state index contributed by atoms with van der Waals surface area (Å²) in [4.78, 5) is 25.3. The lowest BCUT2D eigenvalue weighted by Gasteiger charge is -2.17. The highest BCUT2D eigenvalue weighted by Gasteiger charge is 2.56. The molecule has 0 aliphatic heterocycles. The maximum absolute atomic E-state index is 12.7. The molecule has 0 saturated heterocycles. The molecule has 130 valence electrons. The van der Waals surface area contributed by atoms with Crippen molar-refractivity contribution < 1.29 is 9.59 Å². The van der Waals surface area contributed by atoms with Crippen molar-refractivity contribution in [3.8, 4) is 0 Å². The minimum absolute atomic E-state index is 0.285. The molecule has 4 nitrogen and oxygen atoms in total. The number of rotatable bonds is 4. The minimum atomic E-state index is -1.04. The zero-order valence-corrected chi connectivity index (χ0v) is 15.5. The molecule has 3 rings (SSSR count). The number of carbonyl (C=O) groups is 2. The number of benzene rings is 2. The van der Waals surface area contributed by atoms with Gasteiger partial charge in [-0.15, -0.1) is 0 Å². The SMILES string of the molecule is Cc1cccc(NC(=O)C2(C(=O)Nc3cc(Cl)cc(Cl)c3)CC2)c1C. The molecular formula is C19H18Cl2N2O2. The van der Waals surface area contributed by atoms with Gasteiger partial charge >= 0.3 is 0 Å². The van der Waals surface area contributed by atoms with E-state index in [1.165, 1.54) is 0 Å². The fourth-order valence-corrected chi connectivity index (χ4v) is 3.21. The first-order chi connectivity index (χ1) is 11.8. The summed E-state index contributed by atoms with van der Waals surface area (Å²) in [6, 6.07) is 10.5. The van der Waals surface area contributed by atoms with E-state index < -0.39 is 5.41 Å². The summed E-state index contributed by atoms with van der Waals surface area (Å²) in [6.45, 7) is 3.92. The van der Waals surface area contributed by atoms with Gasteiger partial charge in [0.2, 0.25) is 11.8 Å². The highest BCUT2D eigenvalue weighted by atomic mass is 35.5. The van der Waals surface area contributed by atoms with Gasteiger partial charge in [0.15, 0.2) is 0 Å². The van der Waals surface area contributed by atoms with Crippen molar-refractivity contribution in [2.75, 3.05) is 10.6 Å². The van der Waals surface area contributed by atoms with Crippen LogP contribution in [0, 0.1) is 19.3 Å². The lowest BCUT2D eigenvalue weighted by Crippen LogP contribution is -2.35. The van der Waals surface area contributed by atoms with E-state index in [2.05, 4.69) is 10.6 Å². The monoisotopic (exact) mass is 376 g/mol. The van der Waals surface area contributed by atoms with Gasteiger partial charge < -0.3 is 10.6 Å². The van der Waals surface area contributed by atoms with Crippen LogP contribution in [0.25, 0.3) is 0 Å². The minimum Gasteiger partial charge on any atom is -0.325 e. The third kappa shape index (κ3) is 3.65. The largest absolute Gasteiger partial charge is 0.325 e. The maximum Gasteiger partial charge on any atom is 0.240 e. The topological polar surface area (TPSA) is 58.2 Å². The highest BCUT2D eigenvalue weighted by molar-refractivity contribution is 6.35. The lowest BCUT2D eigenvalue weighted by molar-refractivity contribution is -0.131. The molecule has 1 aliphatic carbocycles. The number of amides is 2. The quantitative estimate of drug-likeness (QED) is 0.740. The predicted molar refractivity (Wildman–Crippen MR) is 101 cm³/mol. The van der Waals surface area contributed by atoms with Crippen LogP contribution in [0.4, 0.5) is 11.4 Å². The number of hydrogen-bond donors (Lipinski definition) is 2. The van der Waals surface area contributed by atoms with Crippen molar-refractivity contribution in [1.82, 2.24) is 0 Å². The van der Waals surface area contributed by atoms with Gasteiger partial charge in [-0.1, -0.05) is 35.3 Å². The molecule has 1 aliphatic rings. The van der Waals surface area contributed by atoms with Gasteiger partial charge in [0, 0.05) is 21.4 Å². The van der Waals surface area contributed by atoms with E-state index in [0.717, 1.165) is 16.8 Å². The molecular weight excluding hydrogens is 359 g/mol. The van der Waals surface area contributed by atoms with E-state index in [0.29, 0.717) is 28.6 Å². The van der Waals surface area contributed by atoms with E-state index >= 15 is 0 Å². The number of aryl methyl sites for hydroxylation is 1. The molecule has 1 saturated carbocycles. The predicted octanol–water partition coefficient (Wildman–Crippen LogP) is 4.97. The molecule has 2 aromatic carbocycles. The summed E-state index contributed by atoms with van der Waals surface area (Å²) in [5.41, 5.74) is 2.25. The van der Waals surface area contributed by atoms with Crippen LogP contribution < -0.4 is 10.6 Å². The molecule has 0 bridgehead atoms. The van der Waals surface area contributed by atoms with Gasteiger partial charge in [0.25, 0.3) is 0 Å². The second kappa shape index (κ2) is 6.70. The zero-order chi connectivity index (χ0) is 18.2. The second-order valence-electron chi connectivity index (χ2n) is 6.40. The van der Waals surface area contributed by atoms with E-state index in [-0.39, 0.29) is 11.8 Å². The molecule has 0 aromatic heterocycles. The Labute approximate surface area is 156 Å². The molecule has 0 unspecified atom stereocenters. The van der Waals surface area contributed by atoms with Crippen LogP contribution in [0.2, 0.25) is 10.0 Å². The fourth-order valence-electron chi connectivity index (χ4n) is 2.69. The van der Waals surface area contributed by atoms with E-state index in [9.17, 15) is 9.59 Å². The molecule has 0 heterocycles. The van der Waals surface area contributed by atoms with E-state index in [1.54, 1.807) is 18.2 Å². The first kappa shape index (κ1) is 17.8. The summed E-state index contributed by atoms with van der Waals surface area (Å²) in [7, 11) is 0. The number of hydrogen-bond acceptors (Lipinski definition) is 2. The zero-order valence-electron chi connectivity index (χ0n) is 14.0. The summed E-state index contributed by atoms with van der Waals surface area (Å²) in [5, 5.41) is 6.49. The Bertz CT molecular complexity index is 840. The number of anilines is 2. The molecule has 25 heavy (non-hydrogen) atoms. The Balaban J connectivity index is 1.75. The van der Waals surface area contributed by atoms with Crippen LogP contribution in [0.1, 0.15) is 24.0 Å². The van der Waals surface area contributed by atoms with Crippen molar-refractivity contribution in [1.29, 1.82) is 0 Å². The Morgan fingerprint density at radius 1 is 0.960 bits per heavy atom. The van der Waals surface area contributed by atoms with Crippen LogP contribution in [-0.4, -0.2) is 11.8 Å². The standard InChI is InChI=1S/C19H18Cl2N2O2/c1-11-4-3-5-16(12(11)2)23-18(25)19(6-7-19)17(24)22-15-9-13(20)8-14(21)10-15/h3-5,8-10H,6-7H2,1-2H3,(H,22,24)(H,23,25). The average Bonchev–Trinajstić information content (AvgIpc) is 3.32. The van der Waals surface area contributed by atoms with Gasteiger partial charge in [-0.05, 0) is 62.1 Å². The van der Waals surface area contributed by atoms with Crippen molar-refractivity contribution in [3.63, 3.8) is 0 Å². The molecule has 2 aromatic rings. The van der Waals surface area contributed by atoms with Gasteiger partial charge in [0.05, 0.1) is 0 Å². The molecule has 1 fully saturated rings. The Hall–Kier alpha value is -2.04. The number of carbonyl (C=O) groups excluding carboxylic acids is 2. The Morgan fingerprint density at radius 2 is 1.56 bits per heavy atom. The summed E-state index contributed by atoms with van der Waals surface area (Å²) in [6.07, 6.45) is 1.04. The Kier molecular flexibility index (Phi) is 4.76. The van der Waals surface area contributed by atoms with Crippen LogP contribution >= 0.6 is 23.2 Å². The van der Waals surface area contributed by atoms with E-state index in [4.69, 9.17) is 23.2 Å². The molecule has 0 spiro atoms. The molecule has 0 radical (unpaired) electrons. The van der Waals surface area contributed by atoms with Gasteiger partial charge in [-0.2, -0.15) is 0 Å². The maximum atomic E-state index is 12.7. The third-order valence-corrected chi connectivity index (χ3v) is 5.03. The molecule has 2 amide bonds. The summed E-state index contributed by atoms with van der Waals surface area (Å²) >= 11 is 11.9. The number of nitrogens with one attached hydrogen (secondary N) is 2. The summed E-state index contributed by atoms with van der Waals surface area (Å²) in [5.74, 6) is -0.625. The van der Waals surface area contributed by atoms with Crippen LogP contribution in [-0.2, 0) is 9.59 Å². The second-order valence-corrected chi connectivity index (χ2v) is 7.27. The first-order valence-electron chi connectivity index (χ1n) is 7.97. The normalized spacial score (nSPS) is 14.7. The van der Waals surface area contributed by atoms with Crippen LogP contribution in [0.5, 0.6) is 0 Å². The molecule has 6 heteroatoms. The van der Waals surface area contributed by atoms with Crippen molar-refractivity contribution in [2.24, 2.45) is 5.41 Å². The third-order valence-electron chi connectivity index (χ3n) is 4.59. The first-order valence-corrected chi connectivity index (χ1v) is 8.73. The van der Waals surface area contributed by atoms with Gasteiger partial charge in [-0.3, -0.25) is 9.59 Å². The van der Waals surface area contributed by atoms with Gasteiger partial charge in [-0.25, -0.2) is 0 Å². The number of halogens is 2. The Morgan fingerprint density at radius 3 is 2.16 bits per heavy atom. The van der Waals surface area contributed by atoms with Crippen molar-refractivity contribution in [3.05, 3.63) is 57.6 Å². The van der Waals surface area contributed by atoms with Crippen molar-refractivity contribution in [2.45, 2.75) is 26.7 Å². The fraction of sp³-hybridized carbons (Fsp3) is 0.263. The van der Waals surface area contributed by atoms with Crippen LogP contribution in [0.3, 0.4) is 0 Å². The average molecular weight is 377 g/mol. The smallest absolute Gasteiger partial charge is 0.240 e. The van der Waals surface area contributed by atoms with Crippen molar-refractivity contribution >= 4 is 46.4 Å².